The first-order chi connectivity index (χ1) is 5.25. The Kier molecular flexibility index (Phi) is 2.28. The summed E-state index contributed by atoms with van der Waals surface area (Å²) in [5.74, 6) is -1.85. The van der Waals surface area contributed by atoms with Crippen LogP contribution < -0.4 is 0 Å². The summed E-state index contributed by atoms with van der Waals surface area (Å²) in [4.78, 5) is 13.2. The predicted octanol–water partition coefficient (Wildman–Crippen LogP) is 0.175. The molecule has 0 aliphatic rings. The van der Waals surface area contributed by atoms with Crippen molar-refractivity contribution in [3.8, 4) is 0 Å². The standard InChI is InChI=1S/C7H9NO3/c9-4-5(7(10)11)6-2-1-3-8-6/h1-3,5,8-9H,4H2,(H,10,11). The van der Waals surface area contributed by atoms with Crippen molar-refractivity contribution in [1.29, 1.82) is 0 Å². The summed E-state index contributed by atoms with van der Waals surface area (Å²) in [6, 6.07) is 3.33. The number of carbonyl (C=O) groups is 1. The van der Waals surface area contributed by atoms with Crippen LogP contribution in [0.25, 0.3) is 0 Å². The van der Waals surface area contributed by atoms with Crippen molar-refractivity contribution in [2.45, 2.75) is 5.92 Å². The molecule has 1 heterocycles. The van der Waals surface area contributed by atoms with E-state index >= 15 is 0 Å². The molecule has 3 N–H and O–H groups in total. The van der Waals surface area contributed by atoms with Crippen LogP contribution in [-0.2, 0) is 4.79 Å². The van der Waals surface area contributed by atoms with E-state index in [0.29, 0.717) is 5.69 Å². The molecule has 1 aromatic rings. The number of aromatic nitrogens is 1. The molecule has 0 aliphatic carbocycles. The molecule has 4 heteroatoms. The van der Waals surface area contributed by atoms with Crippen LogP contribution in [0, 0.1) is 0 Å². The predicted molar refractivity (Wildman–Crippen MR) is 38.3 cm³/mol. The lowest BCUT2D eigenvalue weighted by atomic mass is 10.1. The fourth-order valence-corrected chi connectivity index (χ4v) is 0.870. The van der Waals surface area contributed by atoms with Crippen LogP contribution in [0.3, 0.4) is 0 Å². The first kappa shape index (κ1) is 7.81. The van der Waals surface area contributed by atoms with Crippen molar-refractivity contribution in [3.05, 3.63) is 24.0 Å². The van der Waals surface area contributed by atoms with Gasteiger partial charge >= 0.3 is 5.97 Å². The van der Waals surface area contributed by atoms with E-state index in [1.54, 1.807) is 18.3 Å². The minimum absolute atomic E-state index is 0.379. The second-order valence-electron chi connectivity index (χ2n) is 2.20. The minimum Gasteiger partial charge on any atom is -0.481 e. The third-order valence-corrected chi connectivity index (χ3v) is 1.48. The summed E-state index contributed by atoms with van der Waals surface area (Å²) in [5, 5.41) is 17.2. The zero-order valence-corrected chi connectivity index (χ0v) is 5.82. The SMILES string of the molecule is O=C(O)C(CO)c1ccc[nH]1. The lowest BCUT2D eigenvalue weighted by molar-refractivity contribution is -0.139. The Morgan fingerprint density at radius 3 is 2.82 bits per heavy atom. The molecule has 4 nitrogen and oxygen atoms in total. The lowest BCUT2D eigenvalue weighted by Gasteiger charge is -2.04. The number of carboxylic acid groups (broad SMARTS) is 1. The quantitative estimate of drug-likeness (QED) is 0.582. The normalized spacial score (nSPS) is 12.8. The van der Waals surface area contributed by atoms with Gasteiger partial charge in [-0.15, -0.1) is 0 Å². The molecule has 1 rings (SSSR count). The van der Waals surface area contributed by atoms with Gasteiger partial charge in [0.1, 0.15) is 5.92 Å². The molecule has 0 bridgehead atoms. The molecule has 0 spiro atoms. The number of H-pyrrole nitrogens is 1. The number of aromatic amines is 1. The van der Waals surface area contributed by atoms with Gasteiger partial charge in [0.2, 0.25) is 0 Å². The fraction of sp³-hybridized carbons (Fsp3) is 0.286. The Morgan fingerprint density at radius 1 is 1.73 bits per heavy atom. The van der Waals surface area contributed by atoms with Crippen LogP contribution in [0.1, 0.15) is 11.6 Å². The molecule has 60 valence electrons. The third-order valence-electron chi connectivity index (χ3n) is 1.48. The van der Waals surface area contributed by atoms with Gasteiger partial charge in [0, 0.05) is 11.9 Å². The molecule has 1 aromatic heterocycles. The molecular weight excluding hydrogens is 146 g/mol. The summed E-state index contributed by atoms with van der Waals surface area (Å²) in [6.07, 6.45) is 1.63. The number of hydrogen-bond acceptors (Lipinski definition) is 2. The monoisotopic (exact) mass is 155 g/mol. The van der Waals surface area contributed by atoms with Crippen LogP contribution in [0.4, 0.5) is 0 Å². The largest absolute Gasteiger partial charge is 0.481 e. The number of rotatable bonds is 3. The highest BCUT2D eigenvalue weighted by Crippen LogP contribution is 2.11. The van der Waals surface area contributed by atoms with Gasteiger partial charge in [-0.1, -0.05) is 0 Å². The Hall–Kier alpha value is -1.29. The Morgan fingerprint density at radius 2 is 2.45 bits per heavy atom. The van der Waals surface area contributed by atoms with E-state index in [1.807, 2.05) is 0 Å². The van der Waals surface area contributed by atoms with Crippen LogP contribution in [0.2, 0.25) is 0 Å². The highest BCUT2D eigenvalue weighted by molar-refractivity contribution is 5.75. The first-order valence-corrected chi connectivity index (χ1v) is 3.22. The summed E-state index contributed by atoms with van der Waals surface area (Å²) in [6.45, 7) is -0.379. The van der Waals surface area contributed by atoms with E-state index in [9.17, 15) is 4.79 Å². The fourth-order valence-electron chi connectivity index (χ4n) is 0.870. The number of carboxylic acids is 1. The molecule has 0 saturated carbocycles. The van der Waals surface area contributed by atoms with Gasteiger partial charge in [-0.05, 0) is 12.1 Å². The molecule has 0 fully saturated rings. The summed E-state index contributed by atoms with van der Waals surface area (Å²) in [5.41, 5.74) is 0.528. The molecule has 0 amide bonds. The summed E-state index contributed by atoms with van der Waals surface area (Å²) < 4.78 is 0. The van der Waals surface area contributed by atoms with Crippen molar-refractivity contribution in [1.82, 2.24) is 4.98 Å². The minimum atomic E-state index is -1.02. The topological polar surface area (TPSA) is 73.3 Å². The maximum Gasteiger partial charge on any atom is 0.314 e. The van der Waals surface area contributed by atoms with Crippen LogP contribution in [0.5, 0.6) is 0 Å². The van der Waals surface area contributed by atoms with Crippen LogP contribution in [0.15, 0.2) is 18.3 Å². The zero-order valence-electron chi connectivity index (χ0n) is 5.82. The molecule has 0 saturated heterocycles. The van der Waals surface area contributed by atoms with Crippen molar-refractivity contribution < 1.29 is 15.0 Å². The highest BCUT2D eigenvalue weighted by atomic mass is 16.4. The van der Waals surface area contributed by atoms with Crippen molar-refractivity contribution in [2.75, 3.05) is 6.61 Å². The average molecular weight is 155 g/mol. The van der Waals surface area contributed by atoms with E-state index < -0.39 is 11.9 Å². The van der Waals surface area contributed by atoms with Crippen molar-refractivity contribution in [2.24, 2.45) is 0 Å². The molecule has 0 aromatic carbocycles. The zero-order chi connectivity index (χ0) is 8.27. The first-order valence-electron chi connectivity index (χ1n) is 3.22. The number of aliphatic hydroxyl groups excluding tert-OH is 1. The van der Waals surface area contributed by atoms with Crippen LogP contribution >= 0.6 is 0 Å². The number of hydrogen-bond donors (Lipinski definition) is 3. The van der Waals surface area contributed by atoms with E-state index in [-0.39, 0.29) is 6.61 Å². The van der Waals surface area contributed by atoms with E-state index in [4.69, 9.17) is 10.2 Å². The summed E-state index contributed by atoms with van der Waals surface area (Å²) >= 11 is 0. The number of nitrogens with one attached hydrogen (secondary N) is 1. The smallest absolute Gasteiger partial charge is 0.314 e. The molecular formula is C7H9NO3. The lowest BCUT2D eigenvalue weighted by Crippen LogP contribution is -2.15. The molecule has 11 heavy (non-hydrogen) atoms. The Bertz CT molecular complexity index is 230. The summed E-state index contributed by atoms with van der Waals surface area (Å²) in [7, 11) is 0. The second-order valence-corrected chi connectivity index (χ2v) is 2.20. The van der Waals surface area contributed by atoms with Crippen molar-refractivity contribution in [3.63, 3.8) is 0 Å². The van der Waals surface area contributed by atoms with Gasteiger partial charge < -0.3 is 15.2 Å². The molecule has 0 radical (unpaired) electrons. The van der Waals surface area contributed by atoms with Gasteiger partial charge in [0.05, 0.1) is 6.61 Å². The van der Waals surface area contributed by atoms with Gasteiger partial charge in [0.15, 0.2) is 0 Å². The van der Waals surface area contributed by atoms with Gasteiger partial charge in [-0.2, -0.15) is 0 Å². The van der Waals surface area contributed by atoms with E-state index in [0.717, 1.165) is 0 Å². The molecule has 1 unspecified atom stereocenters. The number of aliphatic hydroxyl groups is 1. The molecule has 0 aliphatic heterocycles. The van der Waals surface area contributed by atoms with Crippen LogP contribution in [-0.4, -0.2) is 27.8 Å². The molecule has 1 atom stereocenters. The van der Waals surface area contributed by atoms with Crippen molar-refractivity contribution >= 4 is 5.97 Å². The maximum atomic E-state index is 10.4. The maximum absolute atomic E-state index is 10.4. The van der Waals surface area contributed by atoms with E-state index in [2.05, 4.69) is 4.98 Å². The third kappa shape index (κ3) is 1.59. The second kappa shape index (κ2) is 3.21. The highest BCUT2D eigenvalue weighted by Gasteiger charge is 2.18. The Balaban J connectivity index is 2.79. The Labute approximate surface area is 63.5 Å². The number of aliphatic carboxylic acids is 1. The van der Waals surface area contributed by atoms with Gasteiger partial charge in [-0.3, -0.25) is 4.79 Å². The van der Waals surface area contributed by atoms with Gasteiger partial charge in [-0.25, -0.2) is 0 Å². The average Bonchev–Trinajstić information content (AvgIpc) is 2.40. The van der Waals surface area contributed by atoms with Gasteiger partial charge in [0.25, 0.3) is 0 Å². The van der Waals surface area contributed by atoms with E-state index in [1.165, 1.54) is 0 Å².